The van der Waals surface area contributed by atoms with Gasteiger partial charge in [0, 0.05) is 0 Å². The third-order valence-corrected chi connectivity index (χ3v) is 3.25. The Balaban J connectivity index is 2.61. The number of hydrogen-bond acceptors (Lipinski definition) is 4. The highest BCUT2D eigenvalue weighted by Gasteiger charge is 2.17. The summed E-state index contributed by atoms with van der Waals surface area (Å²) in [5, 5.41) is 18.6. The summed E-state index contributed by atoms with van der Waals surface area (Å²) in [7, 11) is 0. The van der Waals surface area contributed by atoms with Crippen molar-refractivity contribution in [2.75, 3.05) is 0 Å². The second-order valence-electron chi connectivity index (χ2n) is 4.81. The van der Waals surface area contributed by atoms with Gasteiger partial charge in [0.25, 0.3) is 5.56 Å². The first-order valence-electron chi connectivity index (χ1n) is 6.73. The minimum atomic E-state index is -0.835. The van der Waals surface area contributed by atoms with Gasteiger partial charge in [-0.1, -0.05) is 19.8 Å². The number of nitrogens with one attached hydrogen (secondary N) is 2. The Labute approximate surface area is 115 Å². The predicted molar refractivity (Wildman–Crippen MR) is 72.9 cm³/mol. The number of H-pyrrole nitrogens is 2. The number of aromatic nitrogens is 2. The van der Waals surface area contributed by atoms with Crippen LogP contribution in [-0.2, 0) is 11.2 Å². The lowest BCUT2D eigenvalue weighted by molar-refractivity contribution is -0.142. The van der Waals surface area contributed by atoms with Gasteiger partial charge in [-0.15, -0.1) is 0 Å². The lowest BCUT2D eigenvalue weighted by Crippen LogP contribution is -2.25. The van der Waals surface area contributed by atoms with Crippen molar-refractivity contribution in [2.45, 2.75) is 45.4 Å². The fourth-order valence-corrected chi connectivity index (χ4v) is 2.10. The molecule has 0 aromatic carbocycles. The van der Waals surface area contributed by atoms with Crippen LogP contribution in [0.2, 0.25) is 0 Å². The number of unbranched alkanes of at least 4 members (excludes halogenated alkanes) is 1. The molecule has 1 aromatic rings. The van der Waals surface area contributed by atoms with Crippen LogP contribution in [-0.4, -0.2) is 26.2 Å². The van der Waals surface area contributed by atoms with Gasteiger partial charge in [0.1, 0.15) is 0 Å². The molecule has 7 heteroatoms. The molecule has 0 bridgehead atoms. The fourth-order valence-electron chi connectivity index (χ4n) is 2.10. The maximum Gasteiger partial charge on any atom is 0.328 e. The minimum absolute atomic E-state index is 0.0873. The molecule has 0 aliphatic heterocycles. The van der Waals surface area contributed by atoms with Crippen LogP contribution >= 0.6 is 0 Å². The highest BCUT2D eigenvalue weighted by Crippen LogP contribution is 2.18. The van der Waals surface area contributed by atoms with Crippen LogP contribution in [0.1, 0.15) is 44.6 Å². The van der Waals surface area contributed by atoms with Crippen molar-refractivity contribution in [1.29, 1.82) is 0 Å². The Morgan fingerprint density at radius 3 is 2.40 bits per heavy atom. The fraction of sp³-hybridized carbons (Fsp3) is 0.615. The molecule has 1 atom stereocenters. The topological polar surface area (TPSA) is 123 Å². The maximum atomic E-state index is 11.5. The van der Waals surface area contributed by atoms with Crippen molar-refractivity contribution < 1.29 is 15.0 Å². The van der Waals surface area contributed by atoms with Crippen molar-refractivity contribution in [3.05, 3.63) is 26.4 Å². The lowest BCUT2D eigenvalue weighted by Gasteiger charge is -2.11. The molecule has 1 aromatic heterocycles. The SMILES string of the molecule is CCCCC(CCCc1c(O)[nH]c(=O)[nH]c1=O)C(=O)O. The van der Waals surface area contributed by atoms with Gasteiger partial charge in [-0.25, -0.2) is 4.79 Å². The van der Waals surface area contributed by atoms with Gasteiger partial charge >= 0.3 is 11.7 Å². The Hall–Kier alpha value is -2.05. The van der Waals surface area contributed by atoms with E-state index in [1.54, 1.807) is 0 Å². The first-order valence-corrected chi connectivity index (χ1v) is 6.73. The van der Waals surface area contributed by atoms with E-state index in [1.807, 2.05) is 11.9 Å². The summed E-state index contributed by atoms with van der Waals surface area (Å²) < 4.78 is 0. The molecule has 0 saturated carbocycles. The molecule has 20 heavy (non-hydrogen) atoms. The molecule has 1 unspecified atom stereocenters. The van der Waals surface area contributed by atoms with Crippen LogP contribution in [0, 0.1) is 5.92 Å². The molecule has 0 radical (unpaired) electrons. The van der Waals surface area contributed by atoms with Crippen molar-refractivity contribution in [1.82, 2.24) is 9.97 Å². The van der Waals surface area contributed by atoms with E-state index in [2.05, 4.69) is 4.98 Å². The van der Waals surface area contributed by atoms with Crippen molar-refractivity contribution in [3.63, 3.8) is 0 Å². The Morgan fingerprint density at radius 2 is 1.85 bits per heavy atom. The Bertz CT molecular complexity index is 561. The Kier molecular flexibility index (Phi) is 6.02. The molecule has 7 nitrogen and oxygen atoms in total. The molecule has 1 rings (SSSR count). The van der Waals surface area contributed by atoms with Gasteiger partial charge in [0.05, 0.1) is 11.5 Å². The van der Waals surface area contributed by atoms with Crippen LogP contribution in [0.4, 0.5) is 0 Å². The molecular formula is C13H20N2O5. The van der Waals surface area contributed by atoms with Gasteiger partial charge in [-0.2, -0.15) is 0 Å². The summed E-state index contributed by atoms with van der Waals surface area (Å²) in [5.74, 6) is -1.71. The van der Waals surface area contributed by atoms with E-state index in [-0.39, 0.29) is 12.0 Å². The molecule has 0 aliphatic carbocycles. The van der Waals surface area contributed by atoms with Gasteiger partial charge < -0.3 is 10.2 Å². The smallest absolute Gasteiger partial charge is 0.328 e. The first-order chi connectivity index (χ1) is 9.45. The van der Waals surface area contributed by atoms with Crippen LogP contribution in [0.5, 0.6) is 5.88 Å². The zero-order valence-electron chi connectivity index (χ0n) is 11.4. The molecule has 0 spiro atoms. The molecule has 112 valence electrons. The third-order valence-electron chi connectivity index (χ3n) is 3.25. The van der Waals surface area contributed by atoms with Gasteiger partial charge in [-0.05, 0) is 25.7 Å². The maximum absolute atomic E-state index is 11.5. The molecule has 0 aliphatic rings. The largest absolute Gasteiger partial charge is 0.494 e. The first kappa shape index (κ1) is 16.0. The van der Waals surface area contributed by atoms with Crippen LogP contribution in [0.25, 0.3) is 0 Å². The van der Waals surface area contributed by atoms with Crippen molar-refractivity contribution in [2.24, 2.45) is 5.92 Å². The van der Waals surface area contributed by atoms with Crippen LogP contribution < -0.4 is 11.2 Å². The molecule has 0 fully saturated rings. The highest BCUT2D eigenvalue weighted by molar-refractivity contribution is 5.69. The van der Waals surface area contributed by atoms with Crippen LogP contribution in [0.15, 0.2) is 9.59 Å². The molecule has 4 N–H and O–H groups in total. The number of rotatable bonds is 8. The molecule has 0 saturated heterocycles. The number of carboxylic acid groups (broad SMARTS) is 1. The van der Waals surface area contributed by atoms with Gasteiger partial charge in [0.15, 0.2) is 0 Å². The summed E-state index contributed by atoms with van der Waals surface area (Å²) in [4.78, 5) is 37.6. The van der Waals surface area contributed by atoms with Crippen molar-refractivity contribution >= 4 is 5.97 Å². The standard InChI is InChI=1S/C13H20N2O5/c1-2-3-5-8(12(18)19)6-4-7-9-10(16)14-13(20)15-11(9)17/h8H,2-7H2,1H3,(H,18,19)(H3,14,15,16,17,20). The predicted octanol–water partition coefficient (Wildman–Crippen LogP) is 0.983. The quantitative estimate of drug-likeness (QED) is 0.566. The second kappa shape index (κ2) is 7.52. The number of carboxylic acids is 1. The number of hydrogen-bond donors (Lipinski definition) is 4. The average molecular weight is 284 g/mol. The monoisotopic (exact) mass is 284 g/mol. The minimum Gasteiger partial charge on any atom is -0.494 e. The zero-order valence-corrected chi connectivity index (χ0v) is 11.4. The summed E-state index contributed by atoms with van der Waals surface area (Å²) in [6.07, 6.45) is 3.52. The number of carbonyl (C=O) groups is 1. The summed E-state index contributed by atoms with van der Waals surface area (Å²) in [6.45, 7) is 2.00. The highest BCUT2D eigenvalue weighted by atomic mass is 16.4. The van der Waals surface area contributed by atoms with E-state index < -0.39 is 29.0 Å². The number of aromatic hydroxyl groups is 1. The molecular weight excluding hydrogens is 264 g/mol. The van der Waals surface area contributed by atoms with Gasteiger partial charge in [0.2, 0.25) is 5.88 Å². The Morgan fingerprint density at radius 1 is 1.20 bits per heavy atom. The van der Waals surface area contributed by atoms with Crippen LogP contribution in [0.3, 0.4) is 0 Å². The van der Waals surface area contributed by atoms with E-state index in [4.69, 9.17) is 5.11 Å². The van der Waals surface area contributed by atoms with E-state index in [0.717, 1.165) is 12.8 Å². The molecule has 1 heterocycles. The summed E-state index contributed by atoms with van der Waals surface area (Å²) in [6, 6.07) is 0. The van der Waals surface area contributed by atoms with Crippen molar-refractivity contribution in [3.8, 4) is 5.88 Å². The summed E-state index contributed by atoms with van der Waals surface area (Å²) in [5.41, 5.74) is -1.31. The van der Waals surface area contributed by atoms with E-state index in [9.17, 15) is 19.5 Å². The average Bonchev–Trinajstić information content (AvgIpc) is 2.35. The molecule has 0 amide bonds. The lowest BCUT2D eigenvalue weighted by atomic mass is 9.95. The number of aliphatic carboxylic acids is 1. The van der Waals surface area contributed by atoms with E-state index >= 15 is 0 Å². The number of aromatic amines is 2. The summed E-state index contributed by atoms with van der Waals surface area (Å²) >= 11 is 0. The normalized spacial score (nSPS) is 12.2. The van der Waals surface area contributed by atoms with E-state index in [1.165, 1.54) is 0 Å². The van der Waals surface area contributed by atoms with Gasteiger partial charge in [-0.3, -0.25) is 19.6 Å². The second-order valence-corrected chi connectivity index (χ2v) is 4.81. The zero-order chi connectivity index (χ0) is 15.1. The third kappa shape index (κ3) is 4.56. The van der Waals surface area contributed by atoms with E-state index in [0.29, 0.717) is 19.3 Å².